The van der Waals surface area contributed by atoms with Gasteiger partial charge in [0.25, 0.3) is 0 Å². The van der Waals surface area contributed by atoms with Crippen molar-refractivity contribution >= 4 is 29.3 Å². The highest BCUT2D eigenvalue weighted by atomic mass is 32.2. The maximum atomic E-state index is 12.4. The normalized spacial score (nSPS) is 13.8. The summed E-state index contributed by atoms with van der Waals surface area (Å²) in [6, 6.07) is 11.8. The summed E-state index contributed by atoms with van der Waals surface area (Å²) < 4.78 is 10.9. The van der Waals surface area contributed by atoms with Gasteiger partial charge in [-0.3, -0.25) is 4.79 Å². The zero-order valence-electron chi connectivity index (χ0n) is 13.5. The number of fused-ring (bicyclic) bond motifs is 1. The van der Waals surface area contributed by atoms with Crippen LogP contribution in [0.1, 0.15) is 17.3 Å². The van der Waals surface area contributed by atoms with Crippen molar-refractivity contribution in [3.8, 4) is 11.5 Å². The van der Waals surface area contributed by atoms with Gasteiger partial charge >= 0.3 is 5.97 Å². The van der Waals surface area contributed by atoms with E-state index in [-0.39, 0.29) is 11.5 Å². The number of carboxylic acid groups (broad SMARTS) is 1. The molecule has 0 radical (unpaired) electrons. The van der Waals surface area contributed by atoms with Gasteiger partial charge in [0, 0.05) is 16.6 Å². The first-order valence-corrected chi connectivity index (χ1v) is 8.62. The zero-order valence-corrected chi connectivity index (χ0v) is 14.3. The second-order valence-electron chi connectivity index (χ2n) is 5.41. The van der Waals surface area contributed by atoms with Gasteiger partial charge in [-0.05, 0) is 31.2 Å². The van der Waals surface area contributed by atoms with Crippen molar-refractivity contribution in [2.75, 3.05) is 18.5 Å². The van der Waals surface area contributed by atoms with Crippen molar-refractivity contribution in [3.63, 3.8) is 0 Å². The van der Waals surface area contributed by atoms with Gasteiger partial charge in [0.05, 0.1) is 10.8 Å². The first-order valence-electron chi connectivity index (χ1n) is 7.74. The lowest BCUT2D eigenvalue weighted by Crippen LogP contribution is -2.23. The molecule has 0 bridgehead atoms. The molecule has 0 spiro atoms. The molecule has 6 nitrogen and oxygen atoms in total. The van der Waals surface area contributed by atoms with E-state index in [1.165, 1.54) is 17.8 Å². The summed E-state index contributed by atoms with van der Waals surface area (Å²) >= 11 is 1.21. The summed E-state index contributed by atoms with van der Waals surface area (Å²) in [4.78, 5) is 24.2. The lowest BCUT2D eigenvalue weighted by atomic mass is 10.2. The van der Waals surface area contributed by atoms with Crippen molar-refractivity contribution in [2.24, 2.45) is 0 Å². The molecule has 0 fully saturated rings. The van der Waals surface area contributed by atoms with Crippen LogP contribution in [0.4, 0.5) is 5.69 Å². The molecule has 1 atom stereocenters. The molecule has 1 aliphatic rings. The standard InChI is InChI=1S/C18H17NO5S/c1-11(25-16-5-3-2-4-13(16)18(21)22)17(20)19-12-6-7-14-15(10-12)24-9-8-23-14/h2-7,10-11H,8-9H2,1H3,(H,19,20)(H,21,22)/t11-/m0/s1. The number of carboxylic acids is 1. The second-order valence-corrected chi connectivity index (χ2v) is 6.79. The van der Waals surface area contributed by atoms with E-state index < -0.39 is 11.2 Å². The van der Waals surface area contributed by atoms with Gasteiger partial charge in [0.1, 0.15) is 13.2 Å². The Morgan fingerprint density at radius 2 is 1.84 bits per heavy atom. The summed E-state index contributed by atoms with van der Waals surface area (Å²) in [6.07, 6.45) is 0. The third-order valence-electron chi connectivity index (χ3n) is 3.60. The second kappa shape index (κ2) is 7.48. The van der Waals surface area contributed by atoms with Crippen LogP contribution < -0.4 is 14.8 Å². The number of ether oxygens (including phenoxy) is 2. The largest absolute Gasteiger partial charge is 0.486 e. The minimum Gasteiger partial charge on any atom is -0.486 e. The molecule has 0 saturated carbocycles. The molecular formula is C18H17NO5S. The molecule has 3 rings (SSSR count). The predicted molar refractivity (Wildman–Crippen MR) is 94.8 cm³/mol. The van der Waals surface area contributed by atoms with Crippen LogP contribution >= 0.6 is 11.8 Å². The minimum absolute atomic E-state index is 0.187. The summed E-state index contributed by atoms with van der Waals surface area (Å²) in [5.41, 5.74) is 0.791. The van der Waals surface area contributed by atoms with Crippen LogP contribution in [-0.4, -0.2) is 35.4 Å². The van der Waals surface area contributed by atoms with Crippen LogP contribution in [0.3, 0.4) is 0 Å². The SMILES string of the molecule is C[C@H](Sc1ccccc1C(=O)O)C(=O)Nc1ccc2c(c1)OCCO2. The van der Waals surface area contributed by atoms with Gasteiger partial charge in [-0.25, -0.2) is 4.79 Å². The van der Waals surface area contributed by atoms with Crippen LogP contribution in [0.2, 0.25) is 0 Å². The van der Waals surface area contributed by atoms with Crippen molar-refractivity contribution in [2.45, 2.75) is 17.1 Å². The van der Waals surface area contributed by atoms with Crippen LogP contribution in [0.5, 0.6) is 11.5 Å². The van der Waals surface area contributed by atoms with Crippen LogP contribution in [-0.2, 0) is 4.79 Å². The Labute approximate surface area is 149 Å². The number of anilines is 1. The third-order valence-corrected chi connectivity index (χ3v) is 4.78. The Hall–Kier alpha value is -2.67. The molecule has 0 aromatic heterocycles. The number of hydrogen-bond donors (Lipinski definition) is 2. The van der Waals surface area contributed by atoms with E-state index >= 15 is 0 Å². The average Bonchev–Trinajstić information content (AvgIpc) is 2.61. The van der Waals surface area contributed by atoms with Gasteiger partial charge in [-0.15, -0.1) is 11.8 Å². The summed E-state index contributed by atoms with van der Waals surface area (Å²) in [5, 5.41) is 11.6. The van der Waals surface area contributed by atoms with Crippen LogP contribution in [0.25, 0.3) is 0 Å². The third kappa shape index (κ3) is 4.06. The van der Waals surface area contributed by atoms with E-state index in [0.717, 1.165) is 0 Å². The molecular weight excluding hydrogens is 342 g/mol. The highest BCUT2D eigenvalue weighted by Gasteiger charge is 2.19. The van der Waals surface area contributed by atoms with Crippen LogP contribution in [0.15, 0.2) is 47.4 Å². The lowest BCUT2D eigenvalue weighted by molar-refractivity contribution is -0.115. The maximum absolute atomic E-state index is 12.4. The van der Waals surface area contributed by atoms with E-state index in [1.807, 2.05) is 0 Å². The molecule has 7 heteroatoms. The Balaban J connectivity index is 1.68. The van der Waals surface area contributed by atoms with Gasteiger partial charge in [-0.2, -0.15) is 0 Å². The lowest BCUT2D eigenvalue weighted by Gasteiger charge is -2.19. The maximum Gasteiger partial charge on any atom is 0.336 e. The quantitative estimate of drug-likeness (QED) is 0.797. The van der Waals surface area contributed by atoms with Gasteiger partial charge in [0.2, 0.25) is 5.91 Å². The number of thioether (sulfide) groups is 1. The Morgan fingerprint density at radius 1 is 1.12 bits per heavy atom. The number of amides is 1. The van der Waals surface area contributed by atoms with Crippen molar-refractivity contribution in [3.05, 3.63) is 48.0 Å². The number of nitrogens with one attached hydrogen (secondary N) is 1. The molecule has 0 unspecified atom stereocenters. The predicted octanol–water partition coefficient (Wildman–Crippen LogP) is 3.28. The summed E-state index contributed by atoms with van der Waals surface area (Å²) in [7, 11) is 0. The fourth-order valence-electron chi connectivity index (χ4n) is 2.36. The zero-order chi connectivity index (χ0) is 17.8. The molecule has 1 heterocycles. The van der Waals surface area contributed by atoms with Gasteiger partial charge in [0.15, 0.2) is 11.5 Å². The minimum atomic E-state index is -1.01. The number of rotatable bonds is 5. The van der Waals surface area contributed by atoms with Crippen LogP contribution in [0, 0.1) is 0 Å². The number of carbonyl (C=O) groups excluding carboxylic acids is 1. The Kier molecular flexibility index (Phi) is 5.14. The van der Waals surface area contributed by atoms with Crippen molar-refractivity contribution in [1.29, 1.82) is 0 Å². The van der Waals surface area contributed by atoms with Crippen molar-refractivity contribution in [1.82, 2.24) is 0 Å². The highest BCUT2D eigenvalue weighted by Crippen LogP contribution is 2.33. The average molecular weight is 359 g/mol. The number of carbonyl (C=O) groups is 2. The Morgan fingerprint density at radius 3 is 2.60 bits per heavy atom. The molecule has 2 aromatic carbocycles. The number of aromatic carboxylic acids is 1. The molecule has 1 aliphatic heterocycles. The van der Waals surface area contributed by atoms with Gasteiger partial charge in [-0.1, -0.05) is 12.1 Å². The fourth-order valence-corrected chi connectivity index (χ4v) is 3.34. The number of benzene rings is 2. The van der Waals surface area contributed by atoms with E-state index in [9.17, 15) is 14.7 Å². The molecule has 1 amide bonds. The first-order chi connectivity index (χ1) is 12.0. The smallest absolute Gasteiger partial charge is 0.336 e. The molecule has 130 valence electrons. The fraction of sp³-hybridized carbons (Fsp3) is 0.222. The van der Waals surface area contributed by atoms with Crippen molar-refractivity contribution < 1.29 is 24.2 Å². The summed E-state index contributed by atoms with van der Waals surface area (Å²) in [6.45, 7) is 2.72. The van der Waals surface area contributed by atoms with Gasteiger partial charge < -0.3 is 19.9 Å². The molecule has 2 N–H and O–H groups in total. The van der Waals surface area contributed by atoms with E-state index in [4.69, 9.17) is 9.47 Å². The molecule has 25 heavy (non-hydrogen) atoms. The topological polar surface area (TPSA) is 84.9 Å². The van der Waals surface area contributed by atoms with E-state index in [1.54, 1.807) is 43.3 Å². The molecule has 0 saturated heterocycles. The molecule has 0 aliphatic carbocycles. The molecule has 2 aromatic rings. The van der Waals surface area contributed by atoms with E-state index in [0.29, 0.717) is 35.3 Å². The monoisotopic (exact) mass is 359 g/mol. The number of hydrogen-bond acceptors (Lipinski definition) is 5. The van der Waals surface area contributed by atoms with E-state index in [2.05, 4.69) is 5.32 Å². The Bertz CT molecular complexity index is 808. The summed E-state index contributed by atoms with van der Waals surface area (Å²) in [5.74, 6) is 0.0204. The highest BCUT2D eigenvalue weighted by molar-refractivity contribution is 8.00. The first kappa shape index (κ1) is 17.2.